The van der Waals surface area contributed by atoms with Gasteiger partial charge in [0.15, 0.2) is 157 Å². The zero-order chi connectivity index (χ0) is 98.3. The zero-order valence-corrected chi connectivity index (χ0v) is 66.2. The quantitative estimate of drug-likeness (QED) is 0.0294. The number of esters is 10. The van der Waals surface area contributed by atoms with Crippen molar-refractivity contribution in [1.82, 2.24) is 0 Å². The summed E-state index contributed by atoms with van der Waals surface area (Å²) >= 11 is 0. The van der Waals surface area contributed by atoms with Crippen molar-refractivity contribution in [2.45, 2.75) is 78.9 Å². The van der Waals surface area contributed by atoms with Crippen LogP contribution in [0.25, 0.3) is 11.1 Å². The number of carbonyl (C=O) groups excluding carboxylic acids is 11. The van der Waals surface area contributed by atoms with Gasteiger partial charge in [-0.1, -0.05) is 0 Å². The Morgan fingerprint density at radius 2 is 0.748 bits per heavy atom. The van der Waals surface area contributed by atoms with E-state index in [1.807, 2.05) is 0 Å². The third kappa shape index (κ3) is 15.5. The minimum Gasteiger partial charge on any atom is -0.504 e. The molecule has 0 aromatic heterocycles. The highest BCUT2D eigenvalue weighted by Gasteiger charge is 2.71. The molecule has 5 aliphatic heterocycles. The van der Waals surface area contributed by atoms with Crippen LogP contribution < -0.4 is 9.47 Å². The molecule has 6 aliphatic rings. The van der Waals surface area contributed by atoms with E-state index in [-0.39, 0.29) is 30.3 Å². The van der Waals surface area contributed by atoms with Crippen LogP contribution in [-0.4, -0.2) is 295 Å². The molecule has 9 aromatic carbocycles. The maximum Gasteiger partial charge on any atom is 0.342 e. The van der Waals surface area contributed by atoms with Gasteiger partial charge in [-0.25, -0.2) is 47.9 Å². The third-order valence-electron chi connectivity index (χ3n) is 21.3. The molecule has 2 saturated heterocycles. The normalized spacial score (nSPS) is 21.8. The van der Waals surface area contributed by atoms with Crippen LogP contribution in [0.1, 0.15) is 105 Å². The Bertz CT molecular complexity index is 6630. The zero-order valence-electron chi connectivity index (χ0n) is 66.2. The smallest absolute Gasteiger partial charge is 0.342 e. The Morgan fingerprint density at radius 1 is 0.356 bits per heavy atom. The average molecular weight is 1890 g/mol. The lowest BCUT2D eigenvalue weighted by Gasteiger charge is -2.49. The van der Waals surface area contributed by atoms with E-state index in [2.05, 4.69) is 0 Å². The molecule has 10 unspecified atom stereocenters. The number of aliphatic hydroxyl groups is 3. The fourth-order valence-corrected chi connectivity index (χ4v) is 14.7. The number of benzene rings is 9. The standard InChI is InChI=1S/C82H58O53/c83-28-1-18(2-29(84)49(28)97)69(109)122-16-42-62(127-70(110)19-3-30(85)50(98)31(86)4-19)65(129-71(111)20-5-32(87)51(99)33(88)6-20)67(79(125-42)133-72(112)21-7-34(89)52(100)35(90)8-21)132-78(118)27-13-39(94)55(103)60(108)61(27)124-41-14-25-46(59(107)57(41)105)45-23(11-38(93)54(102)58(45)106)75(115)130-66-63-43(17-123-74(25)114)126-80(134-73(113)22-9-36(91)53(101)37(92)10-22)68(66)131-76(116)24-12-40(95)56(104)64-47(24)48-26(77(117)128-63)15-44(96)82(121,135-64)81(48,119)120/h1-15,42-43,48,62-63,65-68,79-80,83-95,97-108,119-121H,16-17H2/t42?,43?,48-,62?,63?,65?,66?,67?,68?,79?,80?,82-/m0/s1. The molecule has 2 fully saturated rings. The number of hydrogen-bond acceptors (Lipinski definition) is 53. The van der Waals surface area contributed by atoms with Crippen LogP contribution in [0.5, 0.6) is 161 Å². The number of ketones is 1. The predicted octanol–water partition coefficient (Wildman–Crippen LogP) is 0.985. The van der Waals surface area contributed by atoms with Gasteiger partial charge in [0, 0.05) is 28.8 Å². The van der Waals surface area contributed by atoms with Crippen LogP contribution in [0.4, 0.5) is 0 Å². The molecule has 0 saturated carbocycles. The number of fused-ring (bicyclic) bond motifs is 4. The number of ether oxygens (including phenoxy) is 14. The second-order valence-corrected chi connectivity index (χ2v) is 29.6. The van der Waals surface area contributed by atoms with Gasteiger partial charge in [0.1, 0.15) is 31.0 Å². The average Bonchev–Trinajstić information content (AvgIpc) is 1.27. The molecule has 28 N–H and O–H groups in total. The molecule has 704 valence electrons. The second kappa shape index (κ2) is 33.2. The number of cyclic esters (lactones) is 1. The van der Waals surface area contributed by atoms with Gasteiger partial charge in [-0.05, 0) is 78.9 Å². The molecule has 15 rings (SSSR count). The summed E-state index contributed by atoms with van der Waals surface area (Å²) in [4.78, 5) is 163. The van der Waals surface area contributed by atoms with Crippen LogP contribution in [-0.2, 0) is 66.4 Å². The van der Waals surface area contributed by atoms with E-state index in [0.717, 1.165) is 0 Å². The lowest BCUT2D eigenvalue weighted by atomic mass is 9.70. The van der Waals surface area contributed by atoms with Gasteiger partial charge in [-0.2, -0.15) is 0 Å². The summed E-state index contributed by atoms with van der Waals surface area (Å²) in [5.41, 5.74) is -16.7. The van der Waals surface area contributed by atoms with Crippen molar-refractivity contribution in [3.63, 3.8) is 0 Å². The summed E-state index contributed by atoms with van der Waals surface area (Å²) in [6.07, 6.45) is -28.7. The van der Waals surface area contributed by atoms with E-state index in [4.69, 9.17) is 66.3 Å². The second-order valence-electron chi connectivity index (χ2n) is 29.6. The molecular formula is C82H58O53. The summed E-state index contributed by atoms with van der Waals surface area (Å²) in [5, 5.41) is 307. The molecular weight excluding hydrogens is 1830 g/mol. The summed E-state index contributed by atoms with van der Waals surface area (Å²) in [5.74, 6) is -74.8. The Balaban J connectivity index is 0.874. The first-order valence-electron chi connectivity index (χ1n) is 37.5. The van der Waals surface area contributed by atoms with Gasteiger partial charge in [0.25, 0.3) is 5.79 Å². The number of hydrogen-bond donors (Lipinski definition) is 28. The van der Waals surface area contributed by atoms with E-state index in [9.17, 15) is 172 Å². The largest absolute Gasteiger partial charge is 0.504 e. The van der Waals surface area contributed by atoms with Gasteiger partial charge < -0.3 is 209 Å². The summed E-state index contributed by atoms with van der Waals surface area (Å²) in [6.45, 7) is -3.29. The maximum absolute atomic E-state index is 15.7. The van der Waals surface area contributed by atoms with Crippen LogP contribution in [0, 0.1) is 0 Å². The minimum atomic E-state index is -4.21. The fraction of sp³-hybridized carbons (Fsp3) is 0.183. The van der Waals surface area contributed by atoms with Gasteiger partial charge in [-0.3, -0.25) is 4.79 Å². The highest BCUT2D eigenvalue weighted by atomic mass is 16.8. The van der Waals surface area contributed by atoms with Crippen molar-refractivity contribution in [3.8, 4) is 172 Å². The number of carbonyl (C=O) groups is 11. The van der Waals surface area contributed by atoms with Crippen molar-refractivity contribution >= 4 is 65.5 Å². The molecule has 53 heteroatoms. The molecule has 6 bridgehead atoms. The molecule has 12 atom stereocenters. The molecule has 135 heavy (non-hydrogen) atoms. The Hall–Kier alpha value is -18.5. The third-order valence-corrected chi connectivity index (χ3v) is 21.3. The van der Waals surface area contributed by atoms with Crippen LogP contribution >= 0.6 is 0 Å². The van der Waals surface area contributed by atoms with Gasteiger partial charge in [0.2, 0.25) is 59.3 Å². The van der Waals surface area contributed by atoms with Crippen molar-refractivity contribution in [2.24, 2.45) is 0 Å². The van der Waals surface area contributed by atoms with Gasteiger partial charge in [-0.15, -0.1) is 0 Å². The molecule has 5 heterocycles. The van der Waals surface area contributed by atoms with Crippen molar-refractivity contribution in [1.29, 1.82) is 0 Å². The first-order chi connectivity index (χ1) is 63.4. The van der Waals surface area contributed by atoms with Crippen molar-refractivity contribution in [2.75, 3.05) is 13.2 Å². The Kier molecular flexibility index (Phi) is 22.4. The minimum absolute atomic E-state index is 0.0421. The van der Waals surface area contributed by atoms with E-state index in [0.29, 0.717) is 60.7 Å². The summed E-state index contributed by atoms with van der Waals surface area (Å²) in [6, 6.07) is 4.58. The number of rotatable bonds is 15. The van der Waals surface area contributed by atoms with E-state index < -0.39 is 391 Å². The Morgan fingerprint density at radius 3 is 1.25 bits per heavy atom. The molecule has 0 amide bonds. The topological polar surface area (TPSA) is 883 Å². The van der Waals surface area contributed by atoms with E-state index in [1.54, 1.807) is 0 Å². The van der Waals surface area contributed by atoms with Crippen molar-refractivity contribution < 1.29 is 262 Å². The summed E-state index contributed by atoms with van der Waals surface area (Å²) in [7, 11) is 0. The first-order valence-corrected chi connectivity index (χ1v) is 37.5. The van der Waals surface area contributed by atoms with Crippen LogP contribution in [0.2, 0.25) is 0 Å². The fourth-order valence-electron chi connectivity index (χ4n) is 14.7. The maximum atomic E-state index is 15.7. The van der Waals surface area contributed by atoms with E-state index in [1.165, 1.54) is 0 Å². The summed E-state index contributed by atoms with van der Waals surface area (Å²) < 4.78 is 79.7. The predicted molar refractivity (Wildman–Crippen MR) is 412 cm³/mol. The first kappa shape index (κ1) is 91.2. The van der Waals surface area contributed by atoms with Crippen molar-refractivity contribution in [3.05, 3.63) is 152 Å². The SMILES string of the molecule is O=C1OC2C3COC(=O)c4cc(Oc5c(C(=O)OC6C(OC(=O)c7cc(O)c(O)c(O)c7)OC(COC(=O)c7cc(O)c(O)c(O)c7)C(OC(=O)c7cc(O)c(O)c(O)c7)C6OC(=O)c6cc(O)c(O)c(O)c6)cc(O)c(O)c5O)c(O)c(O)c4-c4c(cc(O)c(O)c4O)C(=O)OC2C(OC(=O)c2cc(O)c(O)c4c2[C@@H]2C1=CC(=O)[C@](O)(O4)C2(O)O)C(OC(=O)c1cc(O)c(O)c(O)c1)O3. The Labute approximate surface area is 741 Å². The van der Waals surface area contributed by atoms with Crippen LogP contribution in [0.15, 0.2) is 96.6 Å². The lowest BCUT2D eigenvalue weighted by Crippen LogP contribution is -2.70. The molecule has 53 nitrogen and oxygen atoms in total. The van der Waals surface area contributed by atoms with Gasteiger partial charge in [0.05, 0.1) is 56.0 Å². The number of aromatic hydroxyl groups is 25. The molecule has 9 aromatic rings. The highest BCUT2D eigenvalue weighted by Crippen LogP contribution is 2.61. The molecule has 0 spiro atoms. The number of phenolic OH excluding ortho intramolecular Hbond substituents is 25. The number of phenols is 25. The van der Waals surface area contributed by atoms with E-state index >= 15 is 24.0 Å². The lowest BCUT2D eigenvalue weighted by molar-refractivity contribution is -0.339. The van der Waals surface area contributed by atoms with Gasteiger partial charge >= 0.3 is 65.5 Å². The monoisotopic (exact) mass is 1890 g/mol. The highest BCUT2D eigenvalue weighted by molar-refractivity contribution is 6.11. The molecule has 1 aliphatic carbocycles. The molecule has 0 radical (unpaired) electrons. The van der Waals surface area contributed by atoms with Crippen LogP contribution in [0.3, 0.4) is 0 Å².